The summed E-state index contributed by atoms with van der Waals surface area (Å²) in [6, 6.07) is 0.0924. The van der Waals surface area contributed by atoms with E-state index >= 15 is 0 Å². The van der Waals surface area contributed by atoms with E-state index in [2.05, 4.69) is 15.4 Å². The summed E-state index contributed by atoms with van der Waals surface area (Å²) in [5.74, 6) is -0.0765. The SMILES string of the molecule is CC(C)NC(=O)CCn1cnc2c(cnn2C(C)(C)C)c1=O. The molecule has 0 bridgehead atoms. The van der Waals surface area contributed by atoms with Gasteiger partial charge >= 0.3 is 0 Å². The zero-order valence-corrected chi connectivity index (χ0v) is 13.8. The van der Waals surface area contributed by atoms with Crippen LogP contribution >= 0.6 is 0 Å². The van der Waals surface area contributed by atoms with Crippen molar-refractivity contribution in [2.45, 2.75) is 59.2 Å². The largest absolute Gasteiger partial charge is 0.354 e. The Morgan fingerprint density at radius 3 is 2.64 bits per heavy atom. The lowest BCUT2D eigenvalue weighted by molar-refractivity contribution is -0.121. The van der Waals surface area contributed by atoms with Gasteiger partial charge in [0.2, 0.25) is 5.91 Å². The first-order valence-electron chi connectivity index (χ1n) is 7.43. The summed E-state index contributed by atoms with van der Waals surface area (Å²) < 4.78 is 3.19. The van der Waals surface area contributed by atoms with Gasteiger partial charge < -0.3 is 5.32 Å². The van der Waals surface area contributed by atoms with E-state index in [1.54, 1.807) is 10.9 Å². The Bertz CT molecular complexity index is 736. The van der Waals surface area contributed by atoms with Gasteiger partial charge in [-0.05, 0) is 34.6 Å². The summed E-state index contributed by atoms with van der Waals surface area (Å²) >= 11 is 0. The van der Waals surface area contributed by atoms with E-state index in [1.807, 2.05) is 34.6 Å². The van der Waals surface area contributed by atoms with E-state index in [1.165, 1.54) is 10.9 Å². The normalized spacial score (nSPS) is 12.1. The minimum Gasteiger partial charge on any atom is -0.354 e. The molecule has 120 valence electrons. The van der Waals surface area contributed by atoms with Crippen LogP contribution in [0.5, 0.6) is 0 Å². The maximum absolute atomic E-state index is 12.4. The summed E-state index contributed by atoms with van der Waals surface area (Å²) in [6.07, 6.45) is 3.27. The van der Waals surface area contributed by atoms with Crippen LogP contribution < -0.4 is 10.9 Å². The molecule has 0 saturated carbocycles. The Morgan fingerprint density at radius 1 is 1.36 bits per heavy atom. The first-order valence-corrected chi connectivity index (χ1v) is 7.43. The van der Waals surface area contributed by atoms with Crippen molar-refractivity contribution in [1.29, 1.82) is 0 Å². The monoisotopic (exact) mass is 305 g/mol. The second-order valence-corrected chi connectivity index (χ2v) is 6.68. The fourth-order valence-electron chi connectivity index (χ4n) is 2.21. The van der Waals surface area contributed by atoms with Crippen molar-refractivity contribution in [3.05, 3.63) is 22.9 Å². The van der Waals surface area contributed by atoms with Gasteiger partial charge in [0.05, 0.1) is 18.1 Å². The quantitative estimate of drug-likeness (QED) is 0.922. The average Bonchev–Trinajstić information content (AvgIpc) is 2.81. The van der Waals surface area contributed by atoms with E-state index in [9.17, 15) is 9.59 Å². The molecule has 0 aromatic carbocycles. The fraction of sp³-hybridized carbons (Fsp3) is 0.600. The number of hydrogen-bond donors (Lipinski definition) is 1. The summed E-state index contributed by atoms with van der Waals surface area (Å²) in [5, 5.41) is 7.54. The zero-order chi connectivity index (χ0) is 16.5. The first kappa shape index (κ1) is 16.2. The molecule has 0 spiro atoms. The number of nitrogens with zero attached hydrogens (tertiary/aromatic N) is 4. The van der Waals surface area contributed by atoms with Gasteiger partial charge in [-0.1, -0.05) is 0 Å². The predicted molar refractivity (Wildman–Crippen MR) is 84.7 cm³/mol. The Morgan fingerprint density at radius 2 is 2.05 bits per heavy atom. The van der Waals surface area contributed by atoms with Crippen LogP contribution in [0.2, 0.25) is 0 Å². The zero-order valence-electron chi connectivity index (χ0n) is 13.8. The van der Waals surface area contributed by atoms with Crippen LogP contribution in [0.25, 0.3) is 11.0 Å². The highest BCUT2D eigenvalue weighted by molar-refractivity contribution is 5.76. The van der Waals surface area contributed by atoms with Crippen LogP contribution in [0, 0.1) is 0 Å². The van der Waals surface area contributed by atoms with Gasteiger partial charge in [0, 0.05) is 19.0 Å². The maximum atomic E-state index is 12.4. The summed E-state index contributed by atoms with van der Waals surface area (Å²) in [4.78, 5) is 28.5. The molecule has 0 atom stereocenters. The number of rotatable bonds is 4. The topological polar surface area (TPSA) is 81.8 Å². The standard InChI is InChI=1S/C15H23N5O2/c1-10(2)18-12(21)6-7-19-9-16-13-11(14(19)22)8-17-20(13)15(3,4)5/h8-10H,6-7H2,1-5H3,(H,18,21). The molecule has 2 heterocycles. The molecule has 2 rings (SSSR count). The van der Waals surface area contributed by atoms with Crippen molar-refractivity contribution >= 4 is 16.9 Å². The van der Waals surface area contributed by atoms with Crippen LogP contribution in [-0.4, -0.2) is 31.3 Å². The number of hydrogen-bond acceptors (Lipinski definition) is 4. The average molecular weight is 305 g/mol. The Labute approximate surface area is 129 Å². The number of nitrogens with one attached hydrogen (secondary N) is 1. The van der Waals surface area contributed by atoms with Gasteiger partial charge in [-0.2, -0.15) is 5.10 Å². The fourth-order valence-corrected chi connectivity index (χ4v) is 2.21. The highest BCUT2D eigenvalue weighted by Gasteiger charge is 2.19. The second-order valence-electron chi connectivity index (χ2n) is 6.68. The molecule has 7 heteroatoms. The summed E-state index contributed by atoms with van der Waals surface area (Å²) in [5.41, 5.74) is 0.156. The molecular weight excluding hydrogens is 282 g/mol. The van der Waals surface area contributed by atoms with Crippen molar-refractivity contribution in [2.75, 3.05) is 0 Å². The minimum atomic E-state index is -0.246. The molecule has 0 aliphatic carbocycles. The maximum Gasteiger partial charge on any atom is 0.264 e. The number of aryl methyl sites for hydroxylation is 1. The smallest absolute Gasteiger partial charge is 0.264 e. The number of aromatic nitrogens is 4. The van der Waals surface area contributed by atoms with Gasteiger partial charge in [-0.15, -0.1) is 0 Å². The van der Waals surface area contributed by atoms with Crippen molar-refractivity contribution in [3.63, 3.8) is 0 Å². The van der Waals surface area contributed by atoms with Crippen LogP contribution in [0.4, 0.5) is 0 Å². The number of carbonyl (C=O) groups is 1. The third-order valence-electron chi connectivity index (χ3n) is 3.22. The lowest BCUT2D eigenvalue weighted by Crippen LogP contribution is -2.32. The first-order chi connectivity index (χ1) is 10.2. The number of fused-ring (bicyclic) bond motifs is 1. The molecule has 2 aromatic heterocycles. The molecule has 1 N–H and O–H groups in total. The van der Waals surface area contributed by atoms with Gasteiger partial charge in [-0.3, -0.25) is 14.2 Å². The third-order valence-corrected chi connectivity index (χ3v) is 3.22. The van der Waals surface area contributed by atoms with Crippen LogP contribution in [0.1, 0.15) is 41.0 Å². The van der Waals surface area contributed by atoms with Gasteiger partial charge in [0.15, 0.2) is 5.65 Å². The highest BCUT2D eigenvalue weighted by Crippen LogP contribution is 2.17. The van der Waals surface area contributed by atoms with Gasteiger partial charge in [-0.25, -0.2) is 9.67 Å². The van der Waals surface area contributed by atoms with E-state index in [-0.39, 0.29) is 29.5 Å². The third kappa shape index (κ3) is 3.35. The number of carbonyl (C=O) groups excluding carboxylic acids is 1. The second kappa shape index (κ2) is 5.90. The van der Waals surface area contributed by atoms with Crippen molar-refractivity contribution in [3.8, 4) is 0 Å². The van der Waals surface area contributed by atoms with Crippen molar-refractivity contribution in [2.24, 2.45) is 0 Å². The lowest BCUT2D eigenvalue weighted by Gasteiger charge is -2.19. The molecule has 0 unspecified atom stereocenters. The molecular formula is C15H23N5O2. The molecule has 0 aliphatic rings. The molecule has 0 radical (unpaired) electrons. The molecule has 0 aliphatic heterocycles. The Kier molecular flexibility index (Phi) is 4.35. The lowest BCUT2D eigenvalue weighted by atomic mass is 10.1. The van der Waals surface area contributed by atoms with Gasteiger partial charge in [0.1, 0.15) is 5.39 Å². The van der Waals surface area contributed by atoms with E-state index < -0.39 is 0 Å². The van der Waals surface area contributed by atoms with Gasteiger partial charge in [0.25, 0.3) is 5.56 Å². The molecule has 7 nitrogen and oxygen atoms in total. The van der Waals surface area contributed by atoms with Crippen LogP contribution in [-0.2, 0) is 16.9 Å². The van der Waals surface area contributed by atoms with Crippen molar-refractivity contribution < 1.29 is 4.79 Å². The van der Waals surface area contributed by atoms with Crippen LogP contribution in [0.3, 0.4) is 0 Å². The Balaban J connectivity index is 2.26. The summed E-state index contributed by atoms with van der Waals surface area (Å²) in [7, 11) is 0. The number of amides is 1. The molecule has 2 aromatic rings. The minimum absolute atomic E-state index is 0.0765. The predicted octanol–water partition coefficient (Wildman–Crippen LogP) is 1.26. The van der Waals surface area contributed by atoms with E-state index in [0.717, 1.165) is 0 Å². The van der Waals surface area contributed by atoms with Crippen molar-refractivity contribution in [1.82, 2.24) is 24.6 Å². The van der Waals surface area contributed by atoms with E-state index in [4.69, 9.17) is 0 Å². The van der Waals surface area contributed by atoms with E-state index in [0.29, 0.717) is 17.6 Å². The molecule has 0 fully saturated rings. The highest BCUT2D eigenvalue weighted by atomic mass is 16.2. The Hall–Kier alpha value is -2.18. The van der Waals surface area contributed by atoms with Crippen LogP contribution in [0.15, 0.2) is 17.3 Å². The molecule has 1 amide bonds. The molecule has 0 saturated heterocycles. The summed E-state index contributed by atoms with van der Waals surface area (Å²) in [6.45, 7) is 10.1. The molecule has 22 heavy (non-hydrogen) atoms.